The van der Waals surface area contributed by atoms with E-state index in [1.165, 1.54) is 6.33 Å². The summed E-state index contributed by atoms with van der Waals surface area (Å²) in [5, 5.41) is 3.35. The molecule has 0 atom stereocenters. The van der Waals surface area contributed by atoms with Gasteiger partial charge in [-0.25, -0.2) is 9.97 Å². The van der Waals surface area contributed by atoms with E-state index in [1.54, 1.807) is 14.2 Å². The molecule has 0 aliphatic heterocycles. The van der Waals surface area contributed by atoms with Crippen molar-refractivity contribution in [3.8, 4) is 11.8 Å². The van der Waals surface area contributed by atoms with Gasteiger partial charge in [0.15, 0.2) is 0 Å². The van der Waals surface area contributed by atoms with Crippen molar-refractivity contribution in [1.82, 2.24) is 9.97 Å². The smallest absolute Gasteiger partial charge is 0.225 e. The number of aryl methyl sites for hydroxylation is 1. The topological polar surface area (TPSA) is 56.3 Å². The zero-order valence-electron chi connectivity index (χ0n) is 11.6. The first-order chi connectivity index (χ1) is 9.65. The molecule has 0 radical (unpaired) electrons. The van der Waals surface area contributed by atoms with E-state index in [0.717, 1.165) is 21.3 Å². The Bertz CT molecular complexity index is 583. The number of aromatic nitrogens is 2. The lowest BCUT2D eigenvalue weighted by Gasteiger charge is -2.13. The van der Waals surface area contributed by atoms with Crippen molar-refractivity contribution in [2.45, 2.75) is 13.5 Å². The first-order valence-corrected chi connectivity index (χ1v) is 6.87. The highest BCUT2D eigenvalue weighted by atomic mass is 79.9. The SMILES string of the molecule is COc1ncnc(OC)c1CNc1ccc(Br)cc1C. The largest absolute Gasteiger partial charge is 0.481 e. The van der Waals surface area contributed by atoms with E-state index in [1.807, 2.05) is 19.1 Å². The van der Waals surface area contributed by atoms with Crippen molar-refractivity contribution in [2.24, 2.45) is 0 Å². The molecule has 0 bridgehead atoms. The molecule has 1 heterocycles. The second-order valence-corrected chi connectivity index (χ2v) is 5.10. The number of rotatable bonds is 5. The first-order valence-electron chi connectivity index (χ1n) is 6.07. The van der Waals surface area contributed by atoms with Crippen LogP contribution < -0.4 is 14.8 Å². The molecule has 0 fully saturated rings. The number of anilines is 1. The van der Waals surface area contributed by atoms with Crippen LogP contribution in [0.25, 0.3) is 0 Å². The Morgan fingerprint density at radius 1 is 1.15 bits per heavy atom. The van der Waals surface area contributed by atoms with E-state index in [0.29, 0.717) is 18.3 Å². The maximum atomic E-state index is 5.25. The quantitative estimate of drug-likeness (QED) is 0.907. The van der Waals surface area contributed by atoms with Gasteiger partial charge in [-0.05, 0) is 30.7 Å². The maximum Gasteiger partial charge on any atom is 0.225 e. The molecule has 5 nitrogen and oxygen atoms in total. The Morgan fingerprint density at radius 3 is 2.35 bits per heavy atom. The van der Waals surface area contributed by atoms with Gasteiger partial charge in [-0.3, -0.25) is 0 Å². The highest BCUT2D eigenvalue weighted by Crippen LogP contribution is 2.26. The molecular formula is C14H16BrN3O2. The predicted molar refractivity (Wildman–Crippen MR) is 81.3 cm³/mol. The van der Waals surface area contributed by atoms with Crippen LogP contribution in [-0.2, 0) is 6.54 Å². The van der Waals surface area contributed by atoms with Gasteiger partial charge in [0, 0.05) is 10.2 Å². The summed E-state index contributed by atoms with van der Waals surface area (Å²) in [6, 6.07) is 6.06. The molecule has 0 aliphatic carbocycles. The lowest BCUT2D eigenvalue weighted by atomic mass is 10.2. The molecule has 1 N–H and O–H groups in total. The zero-order valence-corrected chi connectivity index (χ0v) is 13.2. The summed E-state index contributed by atoms with van der Waals surface area (Å²) in [5.41, 5.74) is 2.98. The molecule has 0 saturated carbocycles. The Morgan fingerprint density at radius 2 is 1.80 bits per heavy atom. The number of ether oxygens (including phenoxy) is 2. The van der Waals surface area contributed by atoms with Gasteiger partial charge < -0.3 is 14.8 Å². The second-order valence-electron chi connectivity index (χ2n) is 4.18. The van der Waals surface area contributed by atoms with Crippen LogP contribution in [0.5, 0.6) is 11.8 Å². The lowest BCUT2D eigenvalue weighted by molar-refractivity contribution is 0.363. The van der Waals surface area contributed by atoms with Crippen LogP contribution >= 0.6 is 15.9 Å². The minimum absolute atomic E-state index is 0.513. The molecular weight excluding hydrogens is 322 g/mol. The van der Waals surface area contributed by atoms with E-state index >= 15 is 0 Å². The van der Waals surface area contributed by atoms with E-state index in [9.17, 15) is 0 Å². The summed E-state index contributed by atoms with van der Waals surface area (Å²) in [4.78, 5) is 8.19. The highest BCUT2D eigenvalue weighted by Gasteiger charge is 2.12. The number of hydrogen-bond donors (Lipinski definition) is 1. The average Bonchev–Trinajstić information content (AvgIpc) is 2.46. The third-order valence-corrected chi connectivity index (χ3v) is 3.39. The maximum absolute atomic E-state index is 5.25. The summed E-state index contributed by atoms with van der Waals surface area (Å²) >= 11 is 3.45. The summed E-state index contributed by atoms with van der Waals surface area (Å²) in [7, 11) is 3.16. The minimum Gasteiger partial charge on any atom is -0.481 e. The number of hydrogen-bond acceptors (Lipinski definition) is 5. The summed E-state index contributed by atoms with van der Waals surface area (Å²) in [6.07, 6.45) is 1.42. The molecule has 6 heteroatoms. The molecule has 0 saturated heterocycles. The fourth-order valence-electron chi connectivity index (χ4n) is 1.89. The van der Waals surface area contributed by atoms with Gasteiger partial charge in [-0.2, -0.15) is 0 Å². The second kappa shape index (κ2) is 6.56. The lowest BCUT2D eigenvalue weighted by Crippen LogP contribution is -2.07. The third-order valence-electron chi connectivity index (χ3n) is 2.90. The van der Waals surface area contributed by atoms with Gasteiger partial charge in [0.1, 0.15) is 6.33 Å². The molecule has 1 aromatic carbocycles. The zero-order chi connectivity index (χ0) is 14.5. The van der Waals surface area contributed by atoms with Crippen molar-refractivity contribution in [3.05, 3.63) is 40.1 Å². The van der Waals surface area contributed by atoms with Gasteiger partial charge in [0.05, 0.1) is 26.3 Å². The van der Waals surface area contributed by atoms with Gasteiger partial charge in [-0.15, -0.1) is 0 Å². The highest BCUT2D eigenvalue weighted by molar-refractivity contribution is 9.10. The first kappa shape index (κ1) is 14.6. The average molecular weight is 338 g/mol. The predicted octanol–water partition coefficient (Wildman–Crippen LogP) is 3.18. The Hall–Kier alpha value is -1.82. The fourth-order valence-corrected chi connectivity index (χ4v) is 2.37. The Balaban J connectivity index is 2.22. The van der Waals surface area contributed by atoms with Crippen molar-refractivity contribution in [3.63, 3.8) is 0 Å². The van der Waals surface area contributed by atoms with Crippen LogP contribution in [0.1, 0.15) is 11.1 Å². The van der Waals surface area contributed by atoms with Gasteiger partial charge in [0.25, 0.3) is 0 Å². The molecule has 1 aromatic heterocycles. The van der Waals surface area contributed by atoms with Crippen molar-refractivity contribution < 1.29 is 9.47 Å². The summed E-state index contributed by atoms with van der Waals surface area (Å²) in [5.74, 6) is 1.03. The van der Waals surface area contributed by atoms with Crippen molar-refractivity contribution in [1.29, 1.82) is 0 Å². The van der Waals surface area contributed by atoms with Gasteiger partial charge in [-0.1, -0.05) is 15.9 Å². The van der Waals surface area contributed by atoms with Crippen LogP contribution in [0.3, 0.4) is 0 Å². The van der Waals surface area contributed by atoms with Crippen LogP contribution in [0, 0.1) is 6.92 Å². The molecule has 106 valence electrons. The number of benzene rings is 1. The molecule has 0 aliphatic rings. The summed E-state index contributed by atoms with van der Waals surface area (Å²) < 4.78 is 11.5. The number of halogens is 1. The third kappa shape index (κ3) is 3.19. The normalized spacial score (nSPS) is 10.2. The summed E-state index contributed by atoms with van der Waals surface area (Å²) in [6.45, 7) is 2.57. The monoisotopic (exact) mass is 337 g/mol. The standard InChI is InChI=1S/C14H16BrN3O2/c1-9-6-10(15)4-5-12(9)16-7-11-13(19-2)17-8-18-14(11)20-3/h4-6,8,16H,7H2,1-3H3. The number of nitrogens with one attached hydrogen (secondary N) is 1. The van der Waals surface area contributed by atoms with Crippen LogP contribution in [0.4, 0.5) is 5.69 Å². The van der Waals surface area contributed by atoms with Crippen LogP contribution in [-0.4, -0.2) is 24.2 Å². The van der Waals surface area contributed by atoms with E-state index in [-0.39, 0.29) is 0 Å². The fraction of sp³-hybridized carbons (Fsp3) is 0.286. The minimum atomic E-state index is 0.513. The van der Waals surface area contributed by atoms with Crippen molar-refractivity contribution >= 4 is 21.6 Å². The molecule has 20 heavy (non-hydrogen) atoms. The van der Waals surface area contributed by atoms with Crippen LogP contribution in [0.15, 0.2) is 29.0 Å². The Labute approximate surface area is 126 Å². The molecule has 0 unspecified atom stereocenters. The van der Waals surface area contributed by atoms with Gasteiger partial charge >= 0.3 is 0 Å². The van der Waals surface area contributed by atoms with Crippen LogP contribution in [0.2, 0.25) is 0 Å². The van der Waals surface area contributed by atoms with E-state index in [4.69, 9.17) is 9.47 Å². The number of nitrogens with zero attached hydrogens (tertiary/aromatic N) is 2. The molecule has 0 amide bonds. The van der Waals surface area contributed by atoms with E-state index in [2.05, 4.69) is 37.3 Å². The van der Waals surface area contributed by atoms with Crippen molar-refractivity contribution in [2.75, 3.05) is 19.5 Å². The van der Waals surface area contributed by atoms with Gasteiger partial charge in [0.2, 0.25) is 11.8 Å². The molecule has 2 rings (SSSR count). The Kier molecular flexibility index (Phi) is 4.79. The number of methoxy groups -OCH3 is 2. The molecule has 0 spiro atoms. The van der Waals surface area contributed by atoms with E-state index < -0.39 is 0 Å². The molecule has 2 aromatic rings.